The minimum absolute atomic E-state index is 0.189. The maximum atomic E-state index is 12.0. The van der Waals surface area contributed by atoms with Crippen molar-refractivity contribution >= 4 is 11.6 Å². The number of hydrogen-bond donors (Lipinski definition) is 1. The summed E-state index contributed by atoms with van der Waals surface area (Å²) in [5.74, 6) is 0.431. The molecular formula is C16H21N3O. The summed E-state index contributed by atoms with van der Waals surface area (Å²) in [6.45, 7) is 6.43. The molecule has 0 bridgehead atoms. The van der Waals surface area contributed by atoms with E-state index in [1.54, 1.807) is 24.5 Å². The third-order valence-electron chi connectivity index (χ3n) is 3.62. The zero-order valence-electron chi connectivity index (χ0n) is 12.3. The van der Waals surface area contributed by atoms with Gasteiger partial charge in [0.05, 0.1) is 5.71 Å². The first-order valence-electron chi connectivity index (χ1n) is 7.01. The van der Waals surface area contributed by atoms with Crippen LogP contribution in [-0.4, -0.2) is 16.6 Å². The van der Waals surface area contributed by atoms with E-state index in [1.165, 1.54) is 17.6 Å². The van der Waals surface area contributed by atoms with Crippen LogP contribution in [0.2, 0.25) is 0 Å². The Bertz CT molecular complexity index is 542. The normalized spacial score (nSPS) is 20.9. The number of hydrogen-bond acceptors (Lipinski definition) is 3. The molecule has 0 saturated heterocycles. The second-order valence-corrected chi connectivity index (χ2v) is 5.56. The fourth-order valence-electron chi connectivity index (χ4n) is 2.43. The van der Waals surface area contributed by atoms with Crippen LogP contribution in [0.5, 0.6) is 0 Å². The van der Waals surface area contributed by atoms with Crippen LogP contribution >= 0.6 is 0 Å². The topological polar surface area (TPSA) is 54.4 Å². The lowest BCUT2D eigenvalue weighted by Crippen LogP contribution is -2.24. The number of hydrazone groups is 1. The van der Waals surface area contributed by atoms with Crippen LogP contribution in [0.1, 0.15) is 50.4 Å². The van der Waals surface area contributed by atoms with E-state index in [1.807, 2.05) is 0 Å². The van der Waals surface area contributed by atoms with Gasteiger partial charge in [0.1, 0.15) is 0 Å². The molecule has 0 unspecified atom stereocenters. The van der Waals surface area contributed by atoms with Crippen LogP contribution < -0.4 is 5.43 Å². The van der Waals surface area contributed by atoms with Gasteiger partial charge >= 0.3 is 0 Å². The Morgan fingerprint density at radius 3 is 2.70 bits per heavy atom. The van der Waals surface area contributed by atoms with Crippen molar-refractivity contribution in [1.29, 1.82) is 0 Å². The maximum absolute atomic E-state index is 12.0. The van der Waals surface area contributed by atoms with Gasteiger partial charge in [-0.15, -0.1) is 0 Å². The van der Waals surface area contributed by atoms with Crippen LogP contribution in [0.4, 0.5) is 0 Å². The molecule has 1 heterocycles. The predicted molar refractivity (Wildman–Crippen MR) is 80.5 cm³/mol. The SMILES string of the molecule is CC(C)=C1CC[C@@H](C)C/C1=N/NC(=O)c1ccncc1. The Labute approximate surface area is 120 Å². The van der Waals surface area contributed by atoms with Gasteiger partial charge in [-0.1, -0.05) is 12.5 Å². The van der Waals surface area contributed by atoms with E-state index >= 15 is 0 Å². The molecule has 4 heteroatoms. The lowest BCUT2D eigenvalue weighted by molar-refractivity contribution is 0.0954. The van der Waals surface area contributed by atoms with Crippen molar-refractivity contribution in [3.63, 3.8) is 0 Å². The number of carbonyl (C=O) groups is 1. The Hall–Kier alpha value is -1.97. The highest BCUT2D eigenvalue weighted by atomic mass is 16.2. The molecule has 0 radical (unpaired) electrons. The molecular weight excluding hydrogens is 250 g/mol. The quantitative estimate of drug-likeness (QED) is 0.839. The summed E-state index contributed by atoms with van der Waals surface area (Å²) in [6.07, 6.45) is 6.38. The van der Waals surface area contributed by atoms with E-state index in [2.05, 4.69) is 36.3 Å². The summed E-state index contributed by atoms with van der Waals surface area (Å²) in [5, 5.41) is 4.35. The summed E-state index contributed by atoms with van der Waals surface area (Å²) < 4.78 is 0. The highest BCUT2D eigenvalue weighted by molar-refractivity contribution is 6.03. The summed E-state index contributed by atoms with van der Waals surface area (Å²) in [4.78, 5) is 15.9. The van der Waals surface area contributed by atoms with E-state index in [4.69, 9.17) is 0 Å². The minimum atomic E-state index is -0.189. The molecule has 0 spiro atoms. The number of aromatic nitrogens is 1. The number of nitrogens with zero attached hydrogens (tertiary/aromatic N) is 2. The monoisotopic (exact) mass is 271 g/mol. The predicted octanol–water partition coefficient (Wildman–Crippen LogP) is 3.32. The first-order chi connectivity index (χ1) is 9.58. The van der Waals surface area contributed by atoms with Crippen molar-refractivity contribution in [2.45, 2.75) is 40.0 Å². The van der Waals surface area contributed by atoms with Gasteiger partial charge in [0.15, 0.2) is 0 Å². The second kappa shape index (κ2) is 6.46. The minimum Gasteiger partial charge on any atom is -0.267 e. The molecule has 1 saturated carbocycles. The summed E-state index contributed by atoms with van der Waals surface area (Å²) in [6, 6.07) is 3.36. The smallest absolute Gasteiger partial charge is 0.267 e. The molecule has 1 amide bonds. The average Bonchev–Trinajstić information content (AvgIpc) is 2.45. The molecule has 4 nitrogen and oxygen atoms in total. The molecule has 1 aliphatic carbocycles. The molecule has 106 valence electrons. The van der Waals surface area contributed by atoms with E-state index in [-0.39, 0.29) is 5.91 Å². The molecule has 2 rings (SSSR count). The van der Waals surface area contributed by atoms with Crippen LogP contribution in [-0.2, 0) is 0 Å². The van der Waals surface area contributed by atoms with Crippen LogP contribution in [0.25, 0.3) is 0 Å². The van der Waals surface area contributed by atoms with E-state index in [0.717, 1.165) is 18.6 Å². The van der Waals surface area contributed by atoms with Crippen molar-refractivity contribution in [2.24, 2.45) is 11.0 Å². The van der Waals surface area contributed by atoms with E-state index in [0.29, 0.717) is 11.5 Å². The van der Waals surface area contributed by atoms with Crippen molar-refractivity contribution < 1.29 is 4.79 Å². The van der Waals surface area contributed by atoms with Crippen molar-refractivity contribution in [3.8, 4) is 0 Å². The molecule has 20 heavy (non-hydrogen) atoms. The number of nitrogens with one attached hydrogen (secondary N) is 1. The van der Waals surface area contributed by atoms with Gasteiger partial charge in [0, 0.05) is 18.0 Å². The third kappa shape index (κ3) is 3.53. The first-order valence-corrected chi connectivity index (χ1v) is 7.01. The van der Waals surface area contributed by atoms with Crippen molar-refractivity contribution in [3.05, 3.63) is 41.2 Å². The van der Waals surface area contributed by atoms with Gasteiger partial charge in [-0.2, -0.15) is 5.10 Å². The Kier molecular flexibility index (Phi) is 4.66. The van der Waals surface area contributed by atoms with Crippen molar-refractivity contribution in [1.82, 2.24) is 10.4 Å². The fourth-order valence-corrected chi connectivity index (χ4v) is 2.43. The molecule has 1 N–H and O–H groups in total. The van der Waals surface area contributed by atoms with Crippen LogP contribution in [0.3, 0.4) is 0 Å². The average molecular weight is 271 g/mol. The number of rotatable bonds is 2. The second-order valence-electron chi connectivity index (χ2n) is 5.56. The van der Waals surface area contributed by atoms with Gasteiger partial charge in [-0.25, -0.2) is 5.43 Å². The maximum Gasteiger partial charge on any atom is 0.271 e. The third-order valence-corrected chi connectivity index (χ3v) is 3.62. The van der Waals surface area contributed by atoms with Gasteiger partial charge < -0.3 is 0 Å². The Balaban J connectivity index is 2.13. The lowest BCUT2D eigenvalue weighted by atomic mass is 9.83. The number of amides is 1. The Morgan fingerprint density at radius 1 is 1.35 bits per heavy atom. The van der Waals surface area contributed by atoms with Crippen LogP contribution in [0.15, 0.2) is 40.8 Å². The summed E-state index contributed by atoms with van der Waals surface area (Å²) in [5.41, 5.74) is 6.83. The van der Waals surface area contributed by atoms with Gasteiger partial charge in [-0.05, 0) is 56.7 Å². The standard InChI is InChI=1S/C16H21N3O/c1-11(2)14-5-4-12(3)10-15(14)18-19-16(20)13-6-8-17-9-7-13/h6-9,12H,4-5,10H2,1-3H3,(H,19,20)/b18-15-/t12-/m1/s1. The summed E-state index contributed by atoms with van der Waals surface area (Å²) >= 11 is 0. The van der Waals surface area contributed by atoms with E-state index in [9.17, 15) is 4.79 Å². The number of carbonyl (C=O) groups excluding carboxylic acids is 1. The highest BCUT2D eigenvalue weighted by Gasteiger charge is 2.20. The van der Waals surface area contributed by atoms with Crippen LogP contribution in [0, 0.1) is 5.92 Å². The fraction of sp³-hybridized carbons (Fsp3) is 0.438. The van der Waals surface area contributed by atoms with Gasteiger partial charge in [0.2, 0.25) is 0 Å². The van der Waals surface area contributed by atoms with Gasteiger partial charge in [0.25, 0.3) is 5.91 Å². The molecule has 1 atom stereocenters. The van der Waals surface area contributed by atoms with Gasteiger partial charge in [-0.3, -0.25) is 9.78 Å². The summed E-state index contributed by atoms with van der Waals surface area (Å²) in [7, 11) is 0. The van der Waals surface area contributed by atoms with E-state index < -0.39 is 0 Å². The number of pyridine rings is 1. The largest absolute Gasteiger partial charge is 0.271 e. The molecule has 1 aliphatic rings. The molecule has 0 aromatic carbocycles. The molecule has 1 fully saturated rings. The molecule has 1 aromatic rings. The number of allylic oxidation sites excluding steroid dienone is 2. The van der Waals surface area contributed by atoms with Crippen molar-refractivity contribution in [2.75, 3.05) is 0 Å². The molecule has 1 aromatic heterocycles. The lowest BCUT2D eigenvalue weighted by Gasteiger charge is -2.23. The molecule has 0 aliphatic heterocycles. The zero-order chi connectivity index (χ0) is 14.5. The first kappa shape index (κ1) is 14.4. The zero-order valence-corrected chi connectivity index (χ0v) is 12.3. The Morgan fingerprint density at radius 2 is 2.05 bits per heavy atom. The highest BCUT2D eigenvalue weighted by Crippen LogP contribution is 2.27.